The van der Waals surface area contributed by atoms with Gasteiger partial charge in [0.05, 0.1) is 11.6 Å². The molecule has 0 amide bonds. The lowest BCUT2D eigenvalue weighted by atomic mass is 10.00. The van der Waals surface area contributed by atoms with Crippen molar-refractivity contribution >= 4 is 11.8 Å². The van der Waals surface area contributed by atoms with E-state index in [0.717, 1.165) is 27.9 Å². The summed E-state index contributed by atoms with van der Waals surface area (Å²) >= 11 is 1.75. The number of nitrogens with zero attached hydrogens (tertiary/aromatic N) is 4. The Morgan fingerprint density at radius 2 is 1.85 bits per heavy atom. The minimum atomic E-state index is 0.395. The molecule has 0 aliphatic heterocycles. The zero-order valence-corrected chi connectivity index (χ0v) is 16.4. The zero-order chi connectivity index (χ0) is 18.8. The van der Waals surface area contributed by atoms with E-state index in [-0.39, 0.29) is 0 Å². The van der Waals surface area contributed by atoms with Crippen LogP contribution >= 0.6 is 11.8 Å². The van der Waals surface area contributed by atoms with Crippen LogP contribution in [0.3, 0.4) is 0 Å². The average Bonchev–Trinajstić information content (AvgIpc) is 3.45. The lowest BCUT2D eigenvalue weighted by molar-refractivity contribution is 0.599. The van der Waals surface area contributed by atoms with Gasteiger partial charge in [-0.3, -0.25) is 0 Å². The van der Waals surface area contributed by atoms with Gasteiger partial charge in [0.1, 0.15) is 5.82 Å². The summed E-state index contributed by atoms with van der Waals surface area (Å²) in [5, 5.41) is 19.2. The van der Waals surface area contributed by atoms with Crippen LogP contribution in [0.2, 0.25) is 0 Å². The van der Waals surface area contributed by atoms with Gasteiger partial charge in [-0.05, 0) is 35.6 Å². The van der Waals surface area contributed by atoms with Crippen molar-refractivity contribution in [2.45, 2.75) is 49.6 Å². The maximum atomic E-state index is 9.29. The first-order valence-electron chi connectivity index (χ1n) is 9.33. The maximum Gasteiger partial charge on any atom is 0.191 e. The fraction of sp³-hybridized carbons (Fsp3) is 0.318. The van der Waals surface area contributed by atoms with E-state index >= 15 is 0 Å². The van der Waals surface area contributed by atoms with Crippen molar-refractivity contribution in [2.75, 3.05) is 0 Å². The Labute approximate surface area is 164 Å². The highest BCUT2D eigenvalue weighted by Gasteiger charge is 2.30. The Hall–Kier alpha value is -2.58. The number of rotatable bonds is 6. The van der Waals surface area contributed by atoms with Crippen LogP contribution in [0.5, 0.6) is 0 Å². The molecule has 0 atom stereocenters. The second-order valence-corrected chi connectivity index (χ2v) is 8.18. The molecule has 5 heteroatoms. The van der Waals surface area contributed by atoms with Crippen molar-refractivity contribution in [3.63, 3.8) is 0 Å². The number of thioether (sulfide) groups is 1. The van der Waals surface area contributed by atoms with E-state index in [9.17, 15) is 5.26 Å². The summed E-state index contributed by atoms with van der Waals surface area (Å²) in [5.74, 6) is 2.36. The first-order chi connectivity index (χ1) is 13.2. The van der Waals surface area contributed by atoms with E-state index in [0.29, 0.717) is 17.5 Å². The fourth-order valence-corrected chi connectivity index (χ4v) is 4.19. The van der Waals surface area contributed by atoms with Crippen molar-refractivity contribution in [3.05, 3.63) is 65.5 Å². The van der Waals surface area contributed by atoms with Gasteiger partial charge in [0.2, 0.25) is 0 Å². The number of hydrogen-bond donors (Lipinski definition) is 0. The molecule has 3 aromatic rings. The van der Waals surface area contributed by atoms with Gasteiger partial charge in [-0.2, -0.15) is 5.26 Å². The first kappa shape index (κ1) is 17.8. The topological polar surface area (TPSA) is 54.5 Å². The fourth-order valence-electron chi connectivity index (χ4n) is 3.22. The molecule has 2 aromatic carbocycles. The average molecular weight is 375 g/mol. The highest BCUT2D eigenvalue weighted by atomic mass is 32.2. The minimum absolute atomic E-state index is 0.395. The number of benzene rings is 2. The van der Waals surface area contributed by atoms with Gasteiger partial charge in [-0.1, -0.05) is 68.1 Å². The third-order valence-electron chi connectivity index (χ3n) is 4.80. The summed E-state index contributed by atoms with van der Waals surface area (Å²) < 4.78 is 2.34. The van der Waals surface area contributed by atoms with E-state index in [1.54, 1.807) is 11.8 Å². The van der Waals surface area contributed by atoms with E-state index < -0.39 is 0 Å². The van der Waals surface area contributed by atoms with Crippen molar-refractivity contribution in [1.29, 1.82) is 5.26 Å². The molecule has 1 heterocycles. The van der Waals surface area contributed by atoms with Crippen molar-refractivity contribution in [3.8, 4) is 17.2 Å². The molecule has 0 bridgehead atoms. The Bertz CT molecular complexity index is 978. The smallest absolute Gasteiger partial charge is 0.191 e. The molecule has 0 saturated heterocycles. The van der Waals surface area contributed by atoms with Gasteiger partial charge in [0.15, 0.2) is 5.16 Å². The predicted octanol–water partition coefficient (Wildman–Crippen LogP) is 5.57. The van der Waals surface area contributed by atoms with Gasteiger partial charge in [0.25, 0.3) is 0 Å². The van der Waals surface area contributed by atoms with Crippen LogP contribution < -0.4 is 0 Å². The maximum absolute atomic E-state index is 9.29. The molecule has 4 nitrogen and oxygen atoms in total. The molecule has 0 N–H and O–H groups in total. The van der Waals surface area contributed by atoms with Gasteiger partial charge < -0.3 is 4.57 Å². The van der Waals surface area contributed by atoms with Gasteiger partial charge >= 0.3 is 0 Å². The molecule has 1 aliphatic carbocycles. The highest BCUT2D eigenvalue weighted by molar-refractivity contribution is 7.98. The van der Waals surface area contributed by atoms with Crippen LogP contribution in [0.25, 0.3) is 11.1 Å². The first-order valence-corrected chi connectivity index (χ1v) is 10.3. The van der Waals surface area contributed by atoms with Crippen LogP contribution in [0.15, 0.2) is 53.7 Å². The molecule has 1 aliphatic rings. The van der Waals surface area contributed by atoms with Crippen LogP contribution in [0.1, 0.15) is 55.6 Å². The molecule has 1 saturated carbocycles. The summed E-state index contributed by atoms with van der Waals surface area (Å²) in [5.41, 5.74) is 4.01. The number of nitriles is 1. The monoisotopic (exact) mass is 374 g/mol. The summed E-state index contributed by atoms with van der Waals surface area (Å²) in [6.45, 7) is 4.35. The molecule has 4 rings (SSSR count). The lowest BCUT2D eigenvalue weighted by Gasteiger charge is -2.11. The Morgan fingerprint density at radius 1 is 1.11 bits per heavy atom. The second kappa shape index (κ2) is 7.58. The Morgan fingerprint density at radius 3 is 2.52 bits per heavy atom. The molecule has 0 radical (unpaired) electrons. The van der Waals surface area contributed by atoms with E-state index in [2.05, 4.69) is 58.9 Å². The predicted molar refractivity (Wildman–Crippen MR) is 109 cm³/mol. The minimum Gasteiger partial charge on any atom is -0.303 e. The molecule has 0 unspecified atom stereocenters. The number of hydrogen-bond acceptors (Lipinski definition) is 4. The lowest BCUT2D eigenvalue weighted by Crippen LogP contribution is -2.04. The van der Waals surface area contributed by atoms with E-state index in [4.69, 9.17) is 0 Å². The molecular weight excluding hydrogens is 352 g/mol. The van der Waals surface area contributed by atoms with E-state index in [1.807, 2.05) is 24.3 Å². The molecular formula is C22H22N4S. The Balaban J connectivity index is 1.50. The molecule has 27 heavy (non-hydrogen) atoms. The van der Waals surface area contributed by atoms with Gasteiger partial charge in [-0.15, -0.1) is 10.2 Å². The molecule has 1 aromatic heterocycles. The van der Waals surface area contributed by atoms with Crippen molar-refractivity contribution < 1.29 is 0 Å². The quantitative estimate of drug-likeness (QED) is 0.530. The van der Waals surface area contributed by atoms with Crippen molar-refractivity contribution in [2.24, 2.45) is 0 Å². The normalized spacial score (nSPS) is 13.7. The van der Waals surface area contributed by atoms with E-state index in [1.165, 1.54) is 18.4 Å². The number of aromatic nitrogens is 3. The third kappa shape index (κ3) is 3.77. The molecule has 0 spiro atoms. The molecule has 1 fully saturated rings. The third-order valence-corrected chi connectivity index (χ3v) is 5.81. The van der Waals surface area contributed by atoms with Crippen LogP contribution in [-0.4, -0.2) is 14.8 Å². The Kier molecular flexibility index (Phi) is 5.00. The molecule has 136 valence electrons. The second-order valence-electron chi connectivity index (χ2n) is 7.24. The standard InChI is InChI=1S/C22H22N4S/c1-15(2)21-24-25-22(26(21)19-11-12-19)27-14-16-7-9-17(10-8-16)20-6-4-3-5-18(20)13-23/h3-10,15,19H,11-12,14H2,1-2H3. The van der Waals surface area contributed by atoms with Gasteiger partial charge in [0, 0.05) is 17.7 Å². The largest absolute Gasteiger partial charge is 0.303 e. The van der Waals surface area contributed by atoms with Crippen LogP contribution in [-0.2, 0) is 5.75 Å². The van der Waals surface area contributed by atoms with Crippen molar-refractivity contribution in [1.82, 2.24) is 14.8 Å². The summed E-state index contributed by atoms with van der Waals surface area (Å²) in [7, 11) is 0. The zero-order valence-electron chi connectivity index (χ0n) is 15.6. The summed E-state index contributed by atoms with van der Waals surface area (Å²) in [6.07, 6.45) is 2.47. The van der Waals surface area contributed by atoms with Crippen LogP contribution in [0.4, 0.5) is 0 Å². The summed E-state index contributed by atoms with van der Waals surface area (Å²) in [6, 6.07) is 19.0. The van der Waals surface area contributed by atoms with Gasteiger partial charge in [-0.25, -0.2) is 0 Å². The van der Waals surface area contributed by atoms with Crippen LogP contribution in [0, 0.1) is 11.3 Å². The SMILES string of the molecule is CC(C)c1nnc(SCc2ccc(-c3ccccc3C#N)cc2)n1C1CC1. The summed E-state index contributed by atoms with van der Waals surface area (Å²) in [4.78, 5) is 0. The highest BCUT2D eigenvalue weighted by Crippen LogP contribution is 2.40.